The van der Waals surface area contributed by atoms with Gasteiger partial charge in [0.25, 0.3) is 0 Å². The Morgan fingerprint density at radius 2 is 2.00 bits per heavy atom. The molecule has 1 aromatic heterocycles. The number of oxazole rings is 1. The van der Waals surface area contributed by atoms with Crippen molar-refractivity contribution in [3.63, 3.8) is 0 Å². The van der Waals surface area contributed by atoms with E-state index < -0.39 is 0 Å². The highest BCUT2D eigenvalue weighted by molar-refractivity contribution is 6.33. The molecule has 0 unspecified atom stereocenters. The highest BCUT2D eigenvalue weighted by atomic mass is 35.5. The van der Waals surface area contributed by atoms with Crippen molar-refractivity contribution in [3.8, 4) is 11.5 Å². The van der Waals surface area contributed by atoms with E-state index in [9.17, 15) is 0 Å². The van der Waals surface area contributed by atoms with Gasteiger partial charge in [-0.25, -0.2) is 4.98 Å². The molecule has 2 aromatic carbocycles. The molecule has 0 fully saturated rings. The summed E-state index contributed by atoms with van der Waals surface area (Å²) in [6.07, 6.45) is 0. The molecular weight excluding hydrogens is 262 g/mol. The molecule has 5 heteroatoms. The molecule has 0 saturated heterocycles. The van der Waals surface area contributed by atoms with Gasteiger partial charge < -0.3 is 15.9 Å². The fraction of sp³-hybridized carbons (Fsp3) is 0.0714. The van der Waals surface area contributed by atoms with Crippen LogP contribution in [-0.4, -0.2) is 4.98 Å². The van der Waals surface area contributed by atoms with Crippen molar-refractivity contribution in [3.05, 3.63) is 47.0 Å². The number of rotatable bonds is 2. The monoisotopic (exact) mass is 273 g/mol. The third-order valence-electron chi connectivity index (χ3n) is 2.91. The zero-order valence-corrected chi connectivity index (χ0v) is 10.8. The minimum absolute atomic E-state index is 0.449. The van der Waals surface area contributed by atoms with Crippen molar-refractivity contribution in [2.24, 2.45) is 5.73 Å². The zero-order chi connectivity index (χ0) is 13.4. The molecule has 0 saturated carbocycles. The molecule has 3 aromatic rings. The molecule has 4 N–H and O–H groups in total. The molecule has 3 rings (SSSR count). The van der Waals surface area contributed by atoms with E-state index in [1.54, 1.807) is 18.2 Å². The first-order valence-corrected chi connectivity index (χ1v) is 6.20. The number of benzene rings is 2. The first-order chi connectivity index (χ1) is 9.17. The molecule has 0 aliphatic heterocycles. The van der Waals surface area contributed by atoms with E-state index in [1.807, 2.05) is 18.2 Å². The summed E-state index contributed by atoms with van der Waals surface area (Å²) in [5.41, 5.74) is 15.1. The second kappa shape index (κ2) is 4.57. The van der Waals surface area contributed by atoms with Gasteiger partial charge in [0.2, 0.25) is 5.89 Å². The summed E-state index contributed by atoms with van der Waals surface area (Å²) in [5.74, 6) is 0.481. The Bertz CT molecular complexity index is 752. The predicted molar refractivity (Wildman–Crippen MR) is 76.8 cm³/mol. The summed E-state index contributed by atoms with van der Waals surface area (Å²) in [6.45, 7) is 0.449. The van der Waals surface area contributed by atoms with Crippen LogP contribution in [0.5, 0.6) is 0 Å². The number of aromatic nitrogens is 1. The molecule has 0 aliphatic carbocycles. The summed E-state index contributed by atoms with van der Waals surface area (Å²) in [5, 5.41) is 0.572. The van der Waals surface area contributed by atoms with Crippen LogP contribution in [0.3, 0.4) is 0 Å². The van der Waals surface area contributed by atoms with E-state index in [-0.39, 0.29) is 0 Å². The molecule has 96 valence electrons. The van der Waals surface area contributed by atoms with E-state index in [2.05, 4.69) is 4.98 Å². The largest absolute Gasteiger partial charge is 0.436 e. The minimum atomic E-state index is 0.449. The molecular formula is C14H12ClN3O. The maximum atomic E-state index is 6.22. The third kappa shape index (κ3) is 2.16. The average molecular weight is 274 g/mol. The molecule has 19 heavy (non-hydrogen) atoms. The molecule has 4 nitrogen and oxygen atoms in total. The van der Waals surface area contributed by atoms with Crippen LogP contribution in [0, 0.1) is 0 Å². The Morgan fingerprint density at radius 1 is 1.16 bits per heavy atom. The molecule has 0 radical (unpaired) electrons. The SMILES string of the molecule is NCc1ccc(-c2nc3cc(N)ccc3o2)c(Cl)c1. The van der Waals surface area contributed by atoms with Crippen LogP contribution in [0.2, 0.25) is 5.02 Å². The zero-order valence-electron chi connectivity index (χ0n) is 10.1. The number of nitrogen functional groups attached to an aromatic ring is 1. The van der Waals surface area contributed by atoms with Gasteiger partial charge in [0.1, 0.15) is 5.52 Å². The second-order valence-electron chi connectivity index (χ2n) is 4.26. The van der Waals surface area contributed by atoms with Crippen LogP contribution in [0.25, 0.3) is 22.6 Å². The third-order valence-corrected chi connectivity index (χ3v) is 3.22. The standard InChI is InChI=1S/C14H12ClN3O/c15-11-5-8(7-16)1-3-10(11)14-18-12-6-9(17)2-4-13(12)19-14/h1-6H,7,16-17H2. The van der Waals surface area contributed by atoms with Crippen molar-refractivity contribution in [1.82, 2.24) is 4.98 Å². The number of hydrogen-bond acceptors (Lipinski definition) is 4. The number of nitrogens with zero attached hydrogens (tertiary/aromatic N) is 1. The van der Waals surface area contributed by atoms with Crippen LogP contribution in [-0.2, 0) is 6.54 Å². The molecule has 0 aliphatic rings. The molecule has 0 amide bonds. The van der Waals surface area contributed by atoms with Crippen molar-refractivity contribution in [1.29, 1.82) is 0 Å². The fourth-order valence-corrected chi connectivity index (χ4v) is 2.20. The first kappa shape index (κ1) is 12.0. The average Bonchev–Trinajstić information content (AvgIpc) is 2.81. The number of fused-ring (bicyclic) bond motifs is 1. The van der Waals surface area contributed by atoms with E-state index >= 15 is 0 Å². The number of hydrogen-bond donors (Lipinski definition) is 2. The Hall–Kier alpha value is -2.04. The van der Waals surface area contributed by atoms with Crippen LogP contribution in [0.4, 0.5) is 5.69 Å². The van der Waals surface area contributed by atoms with Gasteiger partial charge in [0.15, 0.2) is 5.58 Å². The van der Waals surface area contributed by atoms with Gasteiger partial charge in [-0.05, 0) is 35.9 Å². The fourth-order valence-electron chi connectivity index (χ4n) is 1.92. The summed E-state index contributed by atoms with van der Waals surface area (Å²) in [7, 11) is 0. The molecule has 0 spiro atoms. The maximum absolute atomic E-state index is 6.22. The van der Waals surface area contributed by atoms with E-state index in [1.165, 1.54) is 0 Å². The lowest BCUT2D eigenvalue weighted by Crippen LogP contribution is -1.95. The van der Waals surface area contributed by atoms with Crippen molar-refractivity contribution in [2.45, 2.75) is 6.54 Å². The first-order valence-electron chi connectivity index (χ1n) is 5.82. The highest BCUT2D eigenvalue weighted by Crippen LogP contribution is 2.31. The molecule has 0 bridgehead atoms. The topological polar surface area (TPSA) is 78.1 Å². The molecule has 1 heterocycles. The lowest BCUT2D eigenvalue weighted by atomic mass is 10.1. The van der Waals surface area contributed by atoms with Gasteiger partial charge in [-0.15, -0.1) is 0 Å². The van der Waals surface area contributed by atoms with E-state index in [4.69, 9.17) is 27.5 Å². The normalized spacial score (nSPS) is 11.1. The van der Waals surface area contributed by atoms with Gasteiger partial charge in [0.05, 0.1) is 10.6 Å². The van der Waals surface area contributed by atoms with E-state index in [0.29, 0.717) is 34.2 Å². The number of halogens is 1. The van der Waals surface area contributed by atoms with Crippen LogP contribution in [0.15, 0.2) is 40.8 Å². The Morgan fingerprint density at radius 3 is 2.74 bits per heavy atom. The van der Waals surface area contributed by atoms with E-state index in [0.717, 1.165) is 11.1 Å². The Balaban J connectivity index is 2.13. The highest BCUT2D eigenvalue weighted by Gasteiger charge is 2.12. The van der Waals surface area contributed by atoms with Crippen LogP contribution >= 0.6 is 11.6 Å². The summed E-state index contributed by atoms with van der Waals surface area (Å²) < 4.78 is 5.68. The van der Waals surface area contributed by atoms with Gasteiger partial charge in [-0.1, -0.05) is 17.7 Å². The maximum Gasteiger partial charge on any atom is 0.228 e. The van der Waals surface area contributed by atoms with Crippen molar-refractivity contribution in [2.75, 3.05) is 5.73 Å². The van der Waals surface area contributed by atoms with Crippen LogP contribution < -0.4 is 11.5 Å². The van der Waals surface area contributed by atoms with Gasteiger partial charge in [0, 0.05) is 12.2 Å². The smallest absolute Gasteiger partial charge is 0.228 e. The molecule has 0 atom stereocenters. The number of anilines is 1. The van der Waals surface area contributed by atoms with Crippen molar-refractivity contribution < 1.29 is 4.42 Å². The Labute approximate surface area is 115 Å². The quantitative estimate of drug-likeness (QED) is 0.703. The predicted octanol–water partition coefficient (Wildman–Crippen LogP) is 3.19. The van der Waals surface area contributed by atoms with Gasteiger partial charge in [-0.2, -0.15) is 0 Å². The minimum Gasteiger partial charge on any atom is -0.436 e. The summed E-state index contributed by atoms with van der Waals surface area (Å²) >= 11 is 6.22. The lowest BCUT2D eigenvalue weighted by molar-refractivity contribution is 0.620. The lowest BCUT2D eigenvalue weighted by Gasteiger charge is -2.02. The summed E-state index contributed by atoms with van der Waals surface area (Å²) in [4.78, 5) is 4.40. The Kier molecular flexibility index (Phi) is 2.89. The summed E-state index contributed by atoms with van der Waals surface area (Å²) in [6, 6.07) is 10.9. The number of nitrogens with two attached hydrogens (primary N) is 2. The van der Waals surface area contributed by atoms with Crippen LogP contribution in [0.1, 0.15) is 5.56 Å². The van der Waals surface area contributed by atoms with Crippen molar-refractivity contribution >= 4 is 28.4 Å². The second-order valence-corrected chi connectivity index (χ2v) is 4.67. The van der Waals surface area contributed by atoms with Gasteiger partial charge >= 0.3 is 0 Å². The van der Waals surface area contributed by atoms with Gasteiger partial charge in [-0.3, -0.25) is 0 Å².